The fraction of sp³-hybridized carbons (Fsp3) is 0.231. The standard InChI is InChI=1S/C13H13N3O4S/c17-15(18)12-3-1-10(2-4-12)5-6-14-8-11-7-13(16(19)20)21-9-11/h1-4,7,9,14H,5-6,8H2. The van der Waals surface area contributed by atoms with Gasteiger partial charge < -0.3 is 5.32 Å². The monoisotopic (exact) mass is 307 g/mol. The summed E-state index contributed by atoms with van der Waals surface area (Å²) in [6.45, 7) is 1.26. The summed E-state index contributed by atoms with van der Waals surface area (Å²) in [5.74, 6) is 0. The summed E-state index contributed by atoms with van der Waals surface area (Å²) in [6.07, 6.45) is 0.740. The van der Waals surface area contributed by atoms with Crippen molar-refractivity contribution in [3.63, 3.8) is 0 Å². The van der Waals surface area contributed by atoms with Gasteiger partial charge in [-0.2, -0.15) is 0 Å². The molecule has 0 saturated carbocycles. The van der Waals surface area contributed by atoms with E-state index in [0.29, 0.717) is 13.1 Å². The second kappa shape index (κ2) is 6.91. The van der Waals surface area contributed by atoms with Crippen LogP contribution >= 0.6 is 11.3 Å². The van der Waals surface area contributed by atoms with Gasteiger partial charge in [0.15, 0.2) is 0 Å². The van der Waals surface area contributed by atoms with Crippen molar-refractivity contribution in [1.82, 2.24) is 5.32 Å². The first-order valence-corrected chi connectivity index (χ1v) is 7.10. The molecule has 0 fully saturated rings. The van der Waals surface area contributed by atoms with Crippen LogP contribution in [0.25, 0.3) is 0 Å². The van der Waals surface area contributed by atoms with E-state index in [0.717, 1.165) is 28.9 Å². The SMILES string of the molecule is O=[N+]([O-])c1ccc(CCNCc2csc([N+](=O)[O-])c2)cc1. The third-order valence-electron chi connectivity index (χ3n) is 2.89. The maximum atomic E-state index is 10.6. The van der Waals surface area contributed by atoms with Crippen LogP contribution < -0.4 is 5.32 Å². The van der Waals surface area contributed by atoms with Gasteiger partial charge in [0.2, 0.25) is 0 Å². The molecule has 0 spiro atoms. The molecule has 1 aromatic carbocycles. The van der Waals surface area contributed by atoms with E-state index in [1.54, 1.807) is 23.6 Å². The first-order chi connectivity index (χ1) is 10.1. The minimum absolute atomic E-state index is 0.0808. The van der Waals surface area contributed by atoms with Crippen LogP contribution in [-0.4, -0.2) is 16.4 Å². The summed E-state index contributed by atoms with van der Waals surface area (Å²) < 4.78 is 0. The van der Waals surface area contributed by atoms with Gasteiger partial charge in [-0.15, -0.1) is 0 Å². The molecule has 0 atom stereocenters. The summed E-state index contributed by atoms with van der Waals surface area (Å²) in [4.78, 5) is 20.3. The number of hydrogen-bond donors (Lipinski definition) is 1. The Morgan fingerprint density at radius 3 is 2.33 bits per heavy atom. The Hall–Kier alpha value is -2.32. The van der Waals surface area contributed by atoms with Gasteiger partial charge in [-0.3, -0.25) is 20.2 Å². The van der Waals surface area contributed by atoms with Crippen molar-refractivity contribution < 1.29 is 9.85 Å². The zero-order valence-corrected chi connectivity index (χ0v) is 11.8. The first-order valence-electron chi connectivity index (χ1n) is 6.22. The average Bonchev–Trinajstić information content (AvgIpc) is 2.93. The largest absolute Gasteiger partial charge is 0.324 e. The van der Waals surface area contributed by atoms with Crippen LogP contribution in [-0.2, 0) is 13.0 Å². The second-order valence-corrected chi connectivity index (χ2v) is 5.29. The van der Waals surface area contributed by atoms with E-state index >= 15 is 0 Å². The lowest BCUT2D eigenvalue weighted by Gasteiger charge is -2.03. The van der Waals surface area contributed by atoms with Crippen LogP contribution in [0.3, 0.4) is 0 Å². The Bertz CT molecular complexity index is 639. The van der Waals surface area contributed by atoms with Gasteiger partial charge in [0.25, 0.3) is 5.69 Å². The van der Waals surface area contributed by atoms with Crippen molar-refractivity contribution in [2.45, 2.75) is 13.0 Å². The number of nitrogens with zero attached hydrogens (tertiary/aromatic N) is 2. The molecule has 7 nitrogen and oxygen atoms in total. The molecule has 0 aliphatic rings. The minimum Gasteiger partial charge on any atom is -0.312 e. The van der Waals surface area contributed by atoms with E-state index in [-0.39, 0.29) is 10.7 Å². The number of rotatable bonds is 7. The molecule has 0 bridgehead atoms. The number of hydrogen-bond acceptors (Lipinski definition) is 6. The zero-order chi connectivity index (χ0) is 15.2. The van der Waals surface area contributed by atoms with Crippen LogP contribution in [0.2, 0.25) is 0 Å². The normalized spacial score (nSPS) is 10.5. The van der Waals surface area contributed by atoms with E-state index in [1.807, 2.05) is 0 Å². The van der Waals surface area contributed by atoms with Crippen molar-refractivity contribution in [3.05, 3.63) is 67.1 Å². The predicted molar refractivity (Wildman–Crippen MR) is 79.5 cm³/mol. The lowest BCUT2D eigenvalue weighted by atomic mass is 10.1. The van der Waals surface area contributed by atoms with E-state index in [4.69, 9.17) is 0 Å². The van der Waals surface area contributed by atoms with E-state index in [1.165, 1.54) is 12.1 Å². The highest BCUT2D eigenvalue weighted by atomic mass is 32.1. The molecule has 2 aromatic rings. The molecule has 1 aromatic heterocycles. The van der Waals surface area contributed by atoms with Crippen LogP contribution in [0, 0.1) is 20.2 Å². The lowest BCUT2D eigenvalue weighted by Crippen LogP contribution is -2.16. The quantitative estimate of drug-likeness (QED) is 0.482. The molecule has 0 aliphatic heterocycles. The lowest BCUT2D eigenvalue weighted by molar-refractivity contribution is -0.384. The van der Waals surface area contributed by atoms with Crippen molar-refractivity contribution in [2.75, 3.05) is 6.54 Å². The van der Waals surface area contributed by atoms with Gasteiger partial charge in [0, 0.05) is 30.1 Å². The van der Waals surface area contributed by atoms with E-state index in [9.17, 15) is 20.2 Å². The Morgan fingerprint density at radius 1 is 1.05 bits per heavy atom. The van der Waals surface area contributed by atoms with Gasteiger partial charge >= 0.3 is 5.00 Å². The zero-order valence-electron chi connectivity index (χ0n) is 11.0. The molecule has 1 heterocycles. The van der Waals surface area contributed by atoms with Gasteiger partial charge in [0.1, 0.15) is 0 Å². The topological polar surface area (TPSA) is 98.3 Å². The van der Waals surface area contributed by atoms with Crippen molar-refractivity contribution >= 4 is 22.0 Å². The molecule has 0 saturated heterocycles. The second-order valence-electron chi connectivity index (χ2n) is 4.40. The Balaban J connectivity index is 1.76. The summed E-state index contributed by atoms with van der Waals surface area (Å²) in [6, 6.07) is 7.99. The van der Waals surface area contributed by atoms with Gasteiger partial charge in [-0.05, 0) is 24.1 Å². The third-order valence-corrected chi connectivity index (χ3v) is 3.82. The molecule has 110 valence electrons. The number of nitrogens with one attached hydrogen (secondary N) is 1. The highest BCUT2D eigenvalue weighted by Gasteiger charge is 2.09. The summed E-state index contributed by atoms with van der Waals surface area (Å²) in [5.41, 5.74) is 1.97. The molecule has 8 heteroatoms. The molecule has 2 rings (SSSR count). The van der Waals surface area contributed by atoms with Crippen LogP contribution in [0.15, 0.2) is 35.7 Å². The highest BCUT2D eigenvalue weighted by Crippen LogP contribution is 2.22. The number of benzene rings is 1. The molecule has 0 radical (unpaired) electrons. The average molecular weight is 307 g/mol. The van der Waals surface area contributed by atoms with E-state index < -0.39 is 9.85 Å². The van der Waals surface area contributed by atoms with E-state index in [2.05, 4.69) is 5.32 Å². The van der Waals surface area contributed by atoms with Gasteiger partial charge in [-0.1, -0.05) is 23.5 Å². The Labute approximate surface area is 124 Å². The van der Waals surface area contributed by atoms with Crippen LogP contribution in [0.4, 0.5) is 10.7 Å². The Morgan fingerprint density at radius 2 is 1.76 bits per heavy atom. The number of thiophene rings is 1. The Kier molecular flexibility index (Phi) is 4.96. The van der Waals surface area contributed by atoms with Crippen molar-refractivity contribution in [2.24, 2.45) is 0 Å². The highest BCUT2D eigenvalue weighted by molar-refractivity contribution is 7.13. The molecule has 0 unspecified atom stereocenters. The van der Waals surface area contributed by atoms with Crippen molar-refractivity contribution in [1.29, 1.82) is 0 Å². The summed E-state index contributed by atoms with van der Waals surface area (Å²) in [5, 5.41) is 26.2. The fourth-order valence-electron chi connectivity index (χ4n) is 1.80. The molecular weight excluding hydrogens is 294 g/mol. The number of nitro groups is 2. The summed E-state index contributed by atoms with van der Waals surface area (Å²) >= 11 is 1.11. The fourth-order valence-corrected chi connectivity index (χ4v) is 2.53. The maximum absolute atomic E-state index is 10.6. The molecule has 21 heavy (non-hydrogen) atoms. The van der Waals surface area contributed by atoms with Gasteiger partial charge in [0.05, 0.1) is 9.85 Å². The minimum atomic E-state index is -0.425. The molecule has 0 amide bonds. The first kappa shape index (κ1) is 15.1. The maximum Gasteiger partial charge on any atom is 0.324 e. The van der Waals surface area contributed by atoms with Crippen molar-refractivity contribution in [3.8, 4) is 0 Å². The smallest absolute Gasteiger partial charge is 0.312 e. The third kappa shape index (κ3) is 4.33. The van der Waals surface area contributed by atoms with Crippen LogP contribution in [0.5, 0.6) is 0 Å². The molecular formula is C13H13N3O4S. The molecule has 1 N–H and O–H groups in total. The van der Waals surface area contributed by atoms with Crippen LogP contribution in [0.1, 0.15) is 11.1 Å². The summed E-state index contributed by atoms with van der Waals surface area (Å²) in [7, 11) is 0. The predicted octanol–water partition coefficient (Wildman–Crippen LogP) is 2.90. The number of nitro benzene ring substituents is 1. The molecule has 0 aliphatic carbocycles. The van der Waals surface area contributed by atoms with Gasteiger partial charge in [-0.25, -0.2) is 0 Å². The number of non-ortho nitro benzene ring substituents is 1.